The van der Waals surface area contributed by atoms with E-state index in [9.17, 15) is 9.59 Å². The van der Waals surface area contributed by atoms with Crippen LogP contribution in [-0.2, 0) is 4.79 Å². The molecule has 0 aromatic carbocycles. The summed E-state index contributed by atoms with van der Waals surface area (Å²) in [6.45, 7) is 7.67. The average Bonchev–Trinajstić information content (AvgIpc) is 2.86. The smallest absolute Gasteiger partial charge is 0.315 e. The van der Waals surface area contributed by atoms with Gasteiger partial charge in [-0.15, -0.1) is 0 Å². The number of nitrogens with zero attached hydrogens (tertiary/aromatic N) is 1. The molecule has 2 amide bonds. The van der Waals surface area contributed by atoms with Gasteiger partial charge < -0.3 is 20.6 Å². The third kappa shape index (κ3) is 5.61. The van der Waals surface area contributed by atoms with Crippen LogP contribution in [0.5, 0.6) is 0 Å². The molecule has 1 rings (SSSR count). The molecule has 6 heteroatoms. The van der Waals surface area contributed by atoms with Crippen molar-refractivity contribution < 1.29 is 14.7 Å². The van der Waals surface area contributed by atoms with E-state index in [0.29, 0.717) is 13.0 Å². The number of carboxylic acid groups (broad SMARTS) is 1. The fourth-order valence-electron chi connectivity index (χ4n) is 2.28. The Morgan fingerprint density at radius 1 is 1.30 bits per heavy atom. The van der Waals surface area contributed by atoms with Crippen LogP contribution in [0.15, 0.2) is 12.2 Å². The highest BCUT2D eigenvalue weighted by Gasteiger charge is 2.25. The van der Waals surface area contributed by atoms with E-state index in [4.69, 9.17) is 5.11 Å². The van der Waals surface area contributed by atoms with E-state index in [1.807, 2.05) is 0 Å². The summed E-state index contributed by atoms with van der Waals surface area (Å²) < 4.78 is 0. The summed E-state index contributed by atoms with van der Waals surface area (Å²) in [6, 6.07) is -0.424. The highest BCUT2D eigenvalue weighted by molar-refractivity contribution is 5.76. The van der Waals surface area contributed by atoms with Crippen LogP contribution in [0, 0.1) is 5.92 Å². The molecule has 2 atom stereocenters. The maximum atomic E-state index is 11.7. The molecule has 0 spiro atoms. The van der Waals surface area contributed by atoms with Crippen LogP contribution in [-0.4, -0.2) is 54.2 Å². The quantitative estimate of drug-likeness (QED) is 0.582. The second kappa shape index (κ2) is 8.58. The van der Waals surface area contributed by atoms with Crippen molar-refractivity contribution >= 4 is 12.0 Å². The lowest BCUT2D eigenvalue weighted by molar-refractivity contribution is -0.140. The molecule has 2 unspecified atom stereocenters. The monoisotopic (exact) mass is 283 g/mol. The molecule has 3 N–H and O–H groups in total. The topological polar surface area (TPSA) is 81.7 Å². The molecule has 1 aliphatic rings. The number of carbonyl (C=O) groups excluding carboxylic acids is 1. The predicted molar refractivity (Wildman–Crippen MR) is 77.6 cm³/mol. The van der Waals surface area contributed by atoms with E-state index in [0.717, 1.165) is 26.1 Å². The summed E-state index contributed by atoms with van der Waals surface area (Å²) in [7, 11) is 0. The summed E-state index contributed by atoms with van der Waals surface area (Å²) in [5.74, 6) is -1.33. The molecule has 0 aliphatic heterocycles. The van der Waals surface area contributed by atoms with Crippen LogP contribution in [0.3, 0.4) is 0 Å². The minimum Gasteiger partial charge on any atom is -0.481 e. The van der Waals surface area contributed by atoms with Crippen LogP contribution in [0.4, 0.5) is 4.79 Å². The molecule has 0 bridgehead atoms. The number of aliphatic carboxylic acids is 1. The first-order valence-corrected chi connectivity index (χ1v) is 7.24. The average molecular weight is 283 g/mol. The summed E-state index contributed by atoms with van der Waals surface area (Å²) in [6.07, 6.45) is 4.91. The largest absolute Gasteiger partial charge is 0.481 e. The van der Waals surface area contributed by atoms with Gasteiger partial charge in [-0.1, -0.05) is 26.0 Å². The number of urea groups is 1. The minimum absolute atomic E-state index is 0.186. The Kier molecular flexibility index (Phi) is 7.08. The van der Waals surface area contributed by atoms with Gasteiger partial charge >= 0.3 is 12.0 Å². The Morgan fingerprint density at radius 3 is 2.60 bits per heavy atom. The van der Waals surface area contributed by atoms with Crippen molar-refractivity contribution in [1.29, 1.82) is 0 Å². The molecule has 6 nitrogen and oxygen atoms in total. The van der Waals surface area contributed by atoms with Gasteiger partial charge in [0.05, 0.1) is 12.0 Å². The lowest BCUT2D eigenvalue weighted by Gasteiger charge is -2.20. The summed E-state index contributed by atoms with van der Waals surface area (Å²) in [5.41, 5.74) is 0. The molecule has 0 aromatic heterocycles. The second-order valence-corrected chi connectivity index (χ2v) is 5.01. The Morgan fingerprint density at radius 2 is 2.05 bits per heavy atom. The number of amides is 2. The van der Waals surface area contributed by atoms with E-state index < -0.39 is 11.9 Å². The van der Waals surface area contributed by atoms with Crippen molar-refractivity contribution in [2.45, 2.75) is 32.7 Å². The number of rotatable bonds is 8. The van der Waals surface area contributed by atoms with Crippen molar-refractivity contribution in [3.05, 3.63) is 12.2 Å². The fourth-order valence-corrected chi connectivity index (χ4v) is 2.28. The highest BCUT2D eigenvalue weighted by Crippen LogP contribution is 2.17. The van der Waals surface area contributed by atoms with Gasteiger partial charge in [-0.05, 0) is 25.9 Å². The Balaban J connectivity index is 2.18. The van der Waals surface area contributed by atoms with Crippen LogP contribution in [0.2, 0.25) is 0 Å². The van der Waals surface area contributed by atoms with Gasteiger partial charge in [0.1, 0.15) is 0 Å². The van der Waals surface area contributed by atoms with Gasteiger partial charge in [-0.25, -0.2) is 4.79 Å². The van der Waals surface area contributed by atoms with Crippen LogP contribution >= 0.6 is 0 Å². The Bertz CT molecular complexity index is 358. The zero-order chi connectivity index (χ0) is 15.0. The third-order valence-electron chi connectivity index (χ3n) is 3.42. The number of carboxylic acids is 1. The summed E-state index contributed by atoms with van der Waals surface area (Å²) >= 11 is 0. The first-order valence-electron chi connectivity index (χ1n) is 7.24. The number of hydrogen-bond acceptors (Lipinski definition) is 3. The Labute approximate surface area is 120 Å². The molecular formula is C14H25N3O3. The maximum absolute atomic E-state index is 11.7. The van der Waals surface area contributed by atoms with Gasteiger partial charge in [0.15, 0.2) is 0 Å². The fraction of sp³-hybridized carbons (Fsp3) is 0.714. The SMILES string of the molecule is CCCN(CC)CCNC(=O)NC1C=CC(C(=O)O)C1. The third-order valence-corrected chi connectivity index (χ3v) is 3.42. The molecule has 0 heterocycles. The number of nitrogens with one attached hydrogen (secondary N) is 2. The first kappa shape index (κ1) is 16.5. The number of likely N-dealkylation sites (N-methyl/N-ethyl adjacent to an activating group) is 1. The number of carbonyl (C=O) groups is 2. The highest BCUT2D eigenvalue weighted by atomic mass is 16.4. The predicted octanol–water partition coefficient (Wildman–Crippen LogP) is 1.05. The van der Waals surface area contributed by atoms with Crippen LogP contribution < -0.4 is 10.6 Å². The molecule has 0 aromatic rings. The summed E-state index contributed by atoms with van der Waals surface area (Å²) in [4.78, 5) is 24.7. The van der Waals surface area contributed by atoms with Crippen molar-refractivity contribution in [3.63, 3.8) is 0 Å². The first-order chi connectivity index (χ1) is 9.56. The zero-order valence-electron chi connectivity index (χ0n) is 12.3. The second-order valence-electron chi connectivity index (χ2n) is 5.01. The van der Waals surface area contributed by atoms with Crippen molar-refractivity contribution in [2.24, 2.45) is 5.92 Å². The summed E-state index contributed by atoms with van der Waals surface area (Å²) in [5, 5.41) is 14.4. The van der Waals surface area contributed by atoms with E-state index in [1.54, 1.807) is 12.2 Å². The minimum atomic E-state index is -0.843. The standard InChI is InChI=1S/C14H25N3O3/c1-3-8-17(4-2)9-7-15-14(20)16-12-6-5-11(10-12)13(18)19/h5-6,11-12H,3-4,7-10H2,1-2H3,(H,18,19)(H2,15,16,20). The molecule has 114 valence electrons. The van der Waals surface area contributed by atoms with E-state index >= 15 is 0 Å². The molecular weight excluding hydrogens is 258 g/mol. The van der Waals surface area contributed by atoms with Gasteiger partial charge in [-0.3, -0.25) is 4.79 Å². The van der Waals surface area contributed by atoms with Crippen molar-refractivity contribution in [3.8, 4) is 0 Å². The molecule has 0 radical (unpaired) electrons. The van der Waals surface area contributed by atoms with Crippen molar-refractivity contribution in [1.82, 2.24) is 15.5 Å². The zero-order valence-corrected chi connectivity index (χ0v) is 12.3. The molecule has 1 aliphatic carbocycles. The van der Waals surface area contributed by atoms with E-state index in [2.05, 4.69) is 29.4 Å². The number of hydrogen-bond donors (Lipinski definition) is 3. The lowest BCUT2D eigenvalue weighted by atomic mass is 10.1. The van der Waals surface area contributed by atoms with Crippen LogP contribution in [0.1, 0.15) is 26.7 Å². The van der Waals surface area contributed by atoms with Crippen LogP contribution in [0.25, 0.3) is 0 Å². The lowest BCUT2D eigenvalue weighted by Crippen LogP contribution is -2.44. The van der Waals surface area contributed by atoms with E-state index in [-0.39, 0.29) is 12.1 Å². The maximum Gasteiger partial charge on any atom is 0.315 e. The normalized spacial score (nSPS) is 21.1. The molecule has 0 fully saturated rings. The Hall–Kier alpha value is -1.56. The van der Waals surface area contributed by atoms with E-state index in [1.165, 1.54) is 0 Å². The van der Waals surface area contributed by atoms with Gasteiger partial charge in [-0.2, -0.15) is 0 Å². The molecule has 0 saturated heterocycles. The molecule has 0 saturated carbocycles. The van der Waals surface area contributed by atoms with Gasteiger partial charge in [0.25, 0.3) is 0 Å². The molecule has 20 heavy (non-hydrogen) atoms. The van der Waals surface area contributed by atoms with Gasteiger partial charge in [0.2, 0.25) is 0 Å². The van der Waals surface area contributed by atoms with Gasteiger partial charge in [0, 0.05) is 13.1 Å². The van der Waals surface area contributed by atoms with Crippen molar-refractivity contribution in [2.75, 3.05) is 26.2 Å².